The highest BCUT2D eigenvalue weighted by atomic mass is 16.5. The number of hydrogen-bond acceptors (Lipinski definition) is 4. The van der Waals surface area contributed by atoms with Gasteiger partial charge < -0.3 is 14.6 Å². The number of esters is 1. The van der Waals surface area contributed by atoms with Gasteiger partial charge in [0.15, 0.2) is 0 Å². The zero-order chi connectivity index (χ0) is 11.8. The normalized spacial score (nSPS) is 18.8. The standard InChI is InChI=1S/C5H8O3.C5H8O2/c1-4(6)2-3-5(7)8;1-4-2-3-5(6)7-4/h2-3H2,1H3,(H,7,8);4H,2-3H2,1H3. The Bertz CT molecular complexity index is 232. The second kappa shape index (κ2) is 6.98. The molecular weight excluding hydrogens is 200 g/mol. The number of ketones is 1. The lowest BCUT2D eigenvalue weighted by Gasteiger charge is -1.95. The Balaban J connectivity index is 0.000000262. The molecule has 1 heterocycles. The van der Waals surface area contributed by atoms with Gasteiger partial charge in [-0.15, -0.1) is 0 Å². The fourth-order valence-corrected chi connectivity index (χ4v) is 0.946. The molecular formula is C10H16O5. The van der Waals surface area contributed by atoms with Crippen molar-refractivity contribution < 1.29 is 24.2 Å². The Labute approximate surface area is 88.4 Å². The second-order valence-corrected chi connectivity index (χ2v) is 3.43. The maximum absolute atomic E-state index is 10.2. The third-order valence-corrected chi connectivity index (χ3v) is 1.78. The van der Waals surface area contributed by atoms with Crippen molar-refractivity contribution in [3.63, 3.8) is 0 Å². The molecule has 86 valence electrons. The summed E-state index contributed by atoms with van der Waals surface area (Å²) in [5, 5.41) is 8.01. The first-order chi connectivity index (χ1) is 6.91. The van der Waals surface area contributed by atoms with Crippen LogP contribution < -0.4 is 0 Å². The predicted octanol–water partition coefficient (Wildman–Crippen LogP) is 1.15. The van der Waals surface area contributed by atoms with Crippen molar-refractivity contribution in [1.29, 1.82) is 0 Å². The van der Waals surface area contributed by atoms with Crippen molar-refractivity contribution in [2.45, 2.75) is 45.6 Å². The molecule has 0 aromatic rings. The van der Waals surface area contributed by atoms with E-state index in [1.54, 1.807) is 0 Å². The van der Waals surface area contributed by atoms with E-state index in [1.807, 2.05) is 6.92 Å². The molecule has 0 amide bonds. The van der Waals surface area contributed by atoms with Crippen molar-refractivity contribution in [3.8, 4) is 0 Å². The highest BCUT2D eigenvalue weighted by Crippen LogP contribution is 2.11. The Morgan fingerprint density at radius 3 is 2.20 bits per heavy atom. The van der Waals surface area contributed by atoms with E-state index in [-0.39, 0.29) is 30.7 Å². The molecule has 15 heavy (non-hydrogen) atoms. The molecule has 0 radical (unpaired) electrons. The molecule has 0 bridgehead atoms. The minimum absolute atomic E-state index is 0.0463. The molecule has 0 aliphatic carbocycles. The van der Waals surface area contributed by atoms with Crippen LogP contribution in [0, 0.1) is 0 Å². The molecule has 0 aromatic heterocycles. The zero-order valence-electron chi connectivity index (χ0n) is 8.99. The molecule has 1 unspecified atom stereocenters. The minimum atomic E-state index is -0.916. The van der Waals surface area contributed by atoms with Gasteiger partial charge in [0, 0.05) is 12.8 Å². The van der Waals surface area contributed by atoms with Crippen LogP contribution in [0.15, 0.2) is 0 Å². The summed E-state index contributed by atoms with van der Waals surface area (Å²) >= 11 is 0. The lowest BCUT2D eigenvalue weighted by molar-refractivity contribution is -0.141. The van der Waals surface area contributed by atoms with Gasteiger partial charge in [-0.2, -0.15) is 0 Å². The van der Waals surface area contributed by atoms with Gasteiger partial charge in [0.2, 0.25) is 0 Å². The lowest BCUT2D eigenvalue weighted by atomic mass is 10.2. The molecule has 1 aliphatic heterocycles. The number of Topliss-reactive ketones (excluding diaryl/α,β-unsaturated/α-hetero) is 1. The second-order valence-electron chi connectivity index (χ2n) is 3.43. The smallest absolute Gasteiger partial charge is 0.306 e. The molecule has 1 fully saturated rings. The number of aliphatic carboxylic acids is 1. The Kier molecular flexibility index (Phi) is 6.33. The molecule has 1 rings (SSSR count). The predicted molar refractivity (Wildman–Crippen MR) is 52.3 cm³/mol. The summed E-state index contributed by atoms with van der Waals surface area (Å²) < 4.78 is 4.72. The van der Waals surface area contributed by atoms with E-state index in [0.717, 1.165) is 6.42 Å². The Morgan fingerprint density at radius 1 is 1.47 bits per heavy atom. The summed E-state index contributed by atoms with van der Waals surface area (Å²) in [5.74, 6) is -1.04. The fraction of sp³-hybridized carbons (Fsp3) is 0.700. The lowest BCUT2D eigenvalue weighted by Crippen LogP contribution is -1.98. The van der Waals surface area contributed by atoms with E-state index in [4.69, 9.17) is 9.84 Å². The summed E-state index contributed by atoms with van der Waals surface area (Å²) in [6, 6.07) is 0. The molecule has 1 N–H and O–H groups in total. The molecule has 0 saturated carbocycles. The van der Waals surface area contributed by atoms with Crippen molar-refractivity contribution in [2.75, 3.05) is 0 Å². The van der Waals surface area contributed by atoms with E-state index < -0.39 is 5.97 Å². The van der Waals surface area contributed by atoms with Crippen LogP contribution in [0.1, 0.15) is 39.5 Å². The zero-order valence-corrected chi connectivity index (χ0v) is 8.99. The SMILES string of the molecule is CC(=O)CCC(=O)O.CC1CCC(=O)O1. The summed E-state index contributed by atoms with van der Waals surface area (Å²) in [5.41, 5.74) is 0. The molecule has 5 heteroatoms. The number of carbonyl (C=O) groups is 3. The van der Waals surface area contributed by atoms with Gasteiger partial charge >= 0.3 is 11.9 Å². The summed E-state index contributed by atoms with van der Waals surface area (Å²) in [4.78, 5) is 30.1. The molecule has 1 saturated heterocycles. The highest BCUT2D eigenvalue weighted by Gasteiger charge is 2.17. The van der Waals surface area contributed by atoms with Crippen molar-refractivity contribution in [3.05, 3.63) is 0 Å². The van der Waals surface area contributed by atoms with Crippen LogP contribution in [0.4, 0.5) is 0 Å². The van der Waals surface area contributed by atoms with Crippen molar-refractivity contribution in [2.24, 2.45) is 0 Å². The van der Waals surface area contributed by atoms with Crippen LogP contribution in [0.2, 0.25) is 0 Å². The molecule has 0 aromatic carbocycles. The average molecular weight is 216 g/mol. The van der Waals surface area contributed by atoms with Crippen LogP contribution in [0.5, 0.6) is 0 Å². The topological polar surface area (TPSA) is 80.7 Å². The van der Waals surface area contributed by atoms with Gasteiger partial charge in [-0.05, 0) is 20.3 Å². The van der Waals surface area contributed by atoms with Gasteiger partial charge in [-0.3, -0.25) is 9.59 Å². The third kappa shape index (κ3) is 8.93. The number of ether oxygens (including phenoxy) is 1. The molecule has 0 spiro atoms. The first kappa shape index (κ1) is 13.6. The quantitative estimate of drug-likeness (QED) is 0.716. The molecule has 1 atom stereocenters. The summed E-state index contributed by atoms with van der Waals surface area (Å²) in [6.07, 6.45) is 1.79. The van der Waals surface area contributed by atoms with E-state index >= 15 is 0 Å². The number of rotatable bonds is 3. The number of carboxylic acids is 1. The van der Waals surface area contributed by atoms with Gasteiger partial charge in [0.1, 0.15) is 5.78 Å². The molecule has 1 aliphatic rings. The fourth-order valence-electron chi connectivity index (χ4n) is 0.946. The van der Waals surface area contributed by atoms with Gasteiger partial charge in [0.05, 0.1) is 12.5 Å². The van der Waals surface area contributed by atoms with Crippen LogP contribution in [-0.2, 0) is 19.1 Å². The largest absolute Gasteiger partial charge is 0.481 e. The maximum Gasteiger partial charge on any atom is 0.306 e. The van der Waals surface area contributed by atoms with E-state index in [9.17, 15) is 14.4 Å². The van der Waals surface area contributed by atoms with Gasteiger partial charge in [0.25, 0.3) is 0 Å². The third-order valence-electron chi connectivity index (χ3n) is 1.78. The van der Waals surface area contributed by atoms with E-state index in [1.165, 1.54) is 6.92 Å². The van der Waals surface area contributed by atoms with Crippen LogP contribution >= 0.6 is 0 Å². The number of hydrogen-bond donors (Lipinski definition) is 1. The number of cyclic esters (lactones) is 1. The van der Waals surface area contributed by atoms with Gasteiger partial charge in [-0.1, -0.05) is 0 Å². The van der Waals surface area contributed by atoms with Crippen LogP contribution in [0.3, 0.4) is 0 Å². The monoisotopic (exact) mass is 216 g/mol. The summed E-state index contributed by atoms with van der Waals surface area (Å²) in [6.45, 7) is 3.29. The minimum Gasteiger partial charge on any atom is -0.481 e. The van der Waals surface area contributed by atoms with Crippen molar-refractivity contribution in [1.82, 2.24) is 0 Å². The van der Waals surface area contributed by atoms with Gasteiger partial charge in [-0.25, -0.2) is 0 Å². The maximum atomic E-state index is 10.2. The van der Waals surface area contributed by atoms with Crippen LogP contribution in [-0.4, -0.2) is 28.9 Å². The Morgan fingerprint density at radius 2 is 2.07 bits per heavy atom. The van der Waals surface area contributed by atoms with Crippen LogP contribution in [0.25, 0.3) is 0 Å². The summed E-state index contributed by atoms with van der Waals surface area (Å²) in [7, 11) is 0. The molecule has 5 nitrogen and oxygen atoms in total. The number of carbonyl (C=O) groups excluding carboxylic acids is 2. The first-order valence-electron chi connectivity index (χ1n) is 4.82. The van der Waals surface area contributed by atoms with E-state index in [0.29, 0.717) is 6.42 Å². The van der Waals surface area contributed by atoms with Crippen molar-refractivity contribution >= 4 is 17.7 Å². The van der Waals surface area contributed by atoms with E-state index in [2.05, 4.69) is 0 Å². The number of carboxylic acid groups (broad SMARTS) is 1. The highest BCUT2D eigenvalue weighted by molar-refractivity contribution is 5.80. The first-order valence-corrected chi connectivity index (χ1v) is 4.82. The average Bonchev–Trinajstić information content (AvgIpc) is 2.47. The Hall–Kier alpha value is -1.39.